The standard InChI is InChI=1S/C43H45N9O7S/c1-25-21-45-38-37-29-6-7-30(47-31(29)8-10-34(37)60-40(38)42(56)46-25)27-20-28(23-44-22-27)50-13-15-51(16-14-50)36(54)24-59-19-18-58-17-12-26-4-3-5-32-39(26)49(2)43(57)52(32)33-9-11-35(53)48-41(33)55/h3-8,10,20,22-23,25,33,45H,9,11-19,21,24H2,1-2H3,(H,46,56)(H,48,53,55)/t25-,33?/m1/s1. The highest BCUT2D eigenvalue weighted by Crippen LogP contribution is 2.41. The number of thiophene rings is 1. The number of aromatic nitrogens is 4. The van der Waals surface area contributed by atoms with Gasteiger partial charge in [0.15, 0.2) is 0 Å². The summed E-state index contributed by atoms with van der Waals surface area (Å²) < 4.78 is 15.6. The third kappa shape index (κ3) is 7.48. The van der Waals surface area contributed by atoms with E-state index in [-0.39, 0.29) is 55.5 Å². The first-order chi connectivity index (χ1) is 29.1. The van der Waals surface area contributed by atoms with Crippen molar-refractivity contribution in [3.63, 3.8) is 0 Å². The number of imidazole rings is 1. The van der Waals surface area contributed by atoms with Gasteiger partial charge in [-0.2, -0.15) is 0 Å². The first-order valence-corrected chi connectivity index (χ1v) is 21.0. The fourth-order valence-electron chi connectivity index (χ4n) is 8.45. The molecule has 2 atom stereocenters. The van der Waals surface area contributed by atoms with Crippen LogP contribution in [0.25, 0.3) is 43.3 Å². The second-order valence-corrected chi connectivity index (χ2v) is 16.5. The van der Waals surface area contributed by atoms with Crippen molar-refractivity contribution in [3.8, 4) is 11.3 Å². The van der Waals surface area contributed by atoms with Gasteiger partial charge < -0.3 is 29.9 Å². The summed E-state index contributed by atoms with van der Waals surface area (Å²) in [6.45, 7) is 5.97. The fraction of sp³-hybridized carbons (Fsp3) is 0.372. The molecule has 2 aromatic carbocycles. The molecule has 9 rings (SSSR count). The van der Waals surface area contributed by atoms with Crippen LogP contribution in [0.2, 0.25) is 0 Å². The number of pyridine rings is 2. The van der Waals surface area contributed by atoms with E-state index in [2.05, 4.69) is 38.0 Å². The number of fused-ring (bicyclic) bond motifs is 6. The Morgan fingerprint density at radius 2 is 1.80 bits per heavy atom. The number of benzene rings is 2. The second-order valence-electron chi connectivity index (χ2n) is 15.4. The third-order valence-corrected chi connectivity index (χ3v) is 12.7. The van der Waals surface area contributed by atoms with Crippen molar-refractivity contribution in [2.45, 2.75) is 38.3 Å². The van der Waals surface area contributed by atoms with Crippen molar-refractivity contribution in [3.05, 3.63) is 81.8 Å². The maximum Gasteiger partial charge on any atom is 0.329 e. The van der Waals surface area contributed by atoms with Crippen molar-refractivity contribution in [2.24, 2.45) is 7.05 Å². The number of carbonyl (C=O) groups excluding carboxylic acids is 4. The van der Waals surface area contributed by atoms with Crippen LogP contribution in [0.5, 0.6) is 0 Å². The number of piperidine rings is 1. The van der Waals surface area contributed by atoms with Gasteiger partial charge in [-0.25, -0.2) is 9.78 Å². The van der Waals surface area contributed by atoms with Crippen LogP contribution in [0.1, 0.15) is 41.0 Å². The topological polar surface area (TPSA) is 182 Å². The molecule has 4 amide bonds. The lowest BCUT2D eigenvalue weighted by molar-refractivity contribution is -0.137. The van der Waals surface area contributed by atoms with Crippen LogP contribution in [0.15, 0.2) is 65.7 Å². The van der Waals surface area contributed by atoms with E-state index in [1.165, 1.54) is 20.5 Å². The molecule has 3 aliphatic rings. The Bertz CT molecular complexity index is 2730. The number of nitrogens with one attached hydrogen (secondary N) is 3. The molecule has 17 heteroatoms. The van der Waals surface area contributed by atoms with Crippen LogP contribution >= 0.6 is 11.3 Å². The number of hydrogen-bond acceptors (Lipinski definition) is 12. The Hall–Kier alpha value is -6.17. The predicted octanol–water partition coefficient (Wildman–Crippen LogP) is 3.61. The molecule has 0 radical (unpaired) electrons. The van der Waals surface area contributed by atoms with E-state index in [4.69, 9.17) is 14.5 Å². The summed E-state index contributed by atoms with van der Waals surface area (Å²) >= 11 is 1.49. The molecule has 0 saturated carbocycles. The molecule has 2 saturated heterocycles. The predicted molar refractivity (Wildman–Crippen MR) is 229 cm³/mol. The number of amides is 4. The molecule has 6 aromatic rings. The van der Waals surface area contributed by atoms with Gasteiger partial charge in [0.25, 0.3) is 5.91 Å². The van der Waals surface area contributed by atoms with E-state index in [0.717, 1.165) is 54.7 Å². The van der Waals surface area contributed by atoms with E-state index in [1.807, 2.05) is 60.6 Å². The van der Waals surface area contributed by atoms with Gasteiger partial charge in [-0.3, -0.25) is 38.6 Å². The van der Waals surface area contributed by atoms with Gasteiger partial charge in [0.05, 0.1) is 59.6 Å². The summed E-state index contributed by atoms with van der Waals surface area (Å²) in [4.78, 5) is 77.6. The van der Waals surface area contributed by atoms with Crippen molar-refractivity contribution in [1.82, 2.24) is 34.6 Å². The molecule has 0 bridgehead atoms. The Kier molecular flexibility index (Phi) is 10.8. The van der Waals surface area contributed by atoms with Gasteiger partial charge in [-0.15, -0.1) is 11.3 Å². The van der Waals surface area contributed by atoms with Gasteiger partial charge >= 0.3 is 5.69 Å². The summed E-state index contributed by atoms with van der Waals surface area (Å²) in [5, 5.41) is 10.9. The molecule has 3 aliphatic heterocycles. The van der Waals surface area contributed by atoms with Crippen LogP contribution in [0, 0.1) is 0 Å². The summed E-state index contributed by atoms with van der Waals surface area (Å²) in [5.74, 6) is -0.919. The number of aryl methyl sites for hydroxylation is 1. The van der Waals surface area contributed by atoms with E-state index in [0.29, 0.717) is 62.8 Å². The lowest BCUT2D eigenvalue weighted by Crippen LogP contribution is -2.49. The molecule has 0 spiro atoms. The van der Waals surface area contributed by atoms with Gasteiger partial charge in [0.2, 0.25) is 17.7 Å². The minimum atomic E-state index is -0.741. The molecular formula is C43H45N9O7S. The SMILES string of the molecule is C[C@@H]1CNc2c(sc3ccc4nc(-c5cncc(N6CCN(C(=O)COCCOCCc7cccc8c7n(C)c(=O)n8C7CCC(=O)NC7=O)CC6)c5)ccc4c23)C(=O)N1. The molecule has 1 unspecified atom stereocenters. The normalized spacial score (nSPS) is 18.4. The average Bonchev–Trinajstić information content (AvgIpc) is 3.71. The number of nitrogens with zero attached hydrogens (tertiary/aromatic N) is 6. The number of carbonyl (C=O) groups is 4. The van der Waals surface area contributed by atoms with E-state index in [9.17, 15) is 24.0 Å². The summed E-state index contributed by atoms with van der Waals surface area (Å²) in [5.41, 5.74) is 6.33. The molecule has 7 heterocycles. The Morgan fingerprint density at radius 3 is 2.63 bits per heavy atom. The minimum absolute atomic E-state index is 0.0336. The zero-order valence-corrected chi connectivity index (χ0v) is 34.2. The van der Waals surface area contributed by atoms with Crippen molar-refractivity contribution in [2.75, 3.05) is 69.4 Å². The van der Waals surface area contributed by atoms with Crippen LogP contribution in [-0.2, 0) is 37.3 Å². The van der Waals surface area contributed by atoms with Crippen molar-refractivity contribution >= 4 is 78.4 Å². The lowest BCUT2D eigenvalue weighted by atomic mass is 10.1. The molecule has 4 aromatic heterocycles. The number of hydrogen-bond donors (Lipinski definition) is 3. The van der Waals surface area contributed by atoms with Crippen LogP contribution < -0.4 is 26.5 Å². The molecule has 2 fully saturated rings. The first kappa shape index (κ1) is 39.3. The Balaban J connectivity index is 0.747. The highest BCUT2D eigenvalue weighted by Gasteiger charge is 2.32. The third-order valence-electron chi connectivity index (χ3n) is 11.5. The number of para-hydroxylation sites is 1. The van der Waals surface area contributed by atoms with Crippen LogP contribution in [0.3, 0.4) is 0 Å². The molecular weight excluding hydrogens is 787 g/mol. The largest absolute Gasteiger partial charge is 0.381 e. The lowest BCUT2D eigenvalue weighted by Gasteiger charge is -2.36. The number of rotatable bonds is 11. The van der Waals surface area contributed by atoms with Crippen molar-refractivity contribution < 1.29 is 28.7 Å². The summed E-state index contributed by atoms with van der Waals surface area (Å²) in [7, 11) is 1.68. The summed E-state index contributed by atoms with van der Waals surface area (Å²) in [6.07, 6.45) is 4.64. The molecule has 310 valence electrons. The van der Waals surface area contributed by atoms with E-state index in [1.54, 1.807) is 7.05 Å². The number of anilines is 2. The van der Waals surface area contributed by atoms with Gasteiger partial charge in [0.1, 0.15) is 17.5 Å². The molecule has 3 N–H and O–H groups in total. The maximum atomic E-state index is 13.2. The van der Waals surface area contributed by atoms with Gasteiger partial charge in [-0.05, 0) is 61.7 Å². The number of piperazine rings is 1. The zero-order valence-electron chi connectivity index (χ0n) is 33.4. The second kappa shape index (κ2) is 16.5. The fourth-order valence-corrected chi connectivity index (χ4v) is 9.54. The van der Waals surface area contributed by atoms with E-state index < -0.39 is 11.9 Å². The van der Waals surface area contributed by atoms with Crippen molar-refractivity contribution in [1.29, 1.82) is 0 Å². The Morgan fingerprint density at radius 1 is 0.967 bits per heavy atom. The first-order valence-electron chi connectivity index (χ1n) is 20.2. The average molecular weight is 832 g/mol. The summed E-state index contributed by atoms with van der Waals surface area (Å²) in [6, 6.07) is 15.1. The minimum Gasteiger partial charge on any atom is -0.381 e. The molecule has 0 aliphatic carbocycles. The zero-order chi connectivity index (χ0) is 41.5. The molecule has 16 nitrogen and oxygen atoms in total. The smallest absolute Gasteiger partial charge is 0.329 e. The highest BCUT2D eigenvalue weighted by atomic mass is 32.1. The monoisotopic (exact) mass is 831 g/mol. The van der Waals surface area contributed by atoms with Gasteiger partial charge in [-0.1, -0.05) is 12.1 Å². The van der Waals surface area contributed by atoms with E-state index >= 15 is 0 Å². The number of imide groups is 1. The maximum absolute atomic E-state index is 13.2. The number of ether oxygens (including phenoxy) is 2. The highest BCUT2D eigenvalue weighted by molar-refractivity contribution is 7.21. The van der Waals surface area contributed by atoms with Crippen LogP contribution in [0.4, 0.5) is 11.4 Å². The molecule has 60 heavy (non-hydrogen) atoms. The Labute approximate surface area is 348 Å². The van der Waals surface area contributed by atoms with Crippen LogP contribution in [-0.4, -0.2) is 113 Å². The quantitative estimate of drug-likeness (QED) is 0.128. The van der Waals surface area contributed by atoms with Gasteiger partial charge in [0, 0.05) is 79.5 Å².